The van der Waals surface area contributed by atoms with Crippen LogP contribution in [-0.2, 0) is 4.79 Å². The number of carbonyl (C=O) groups is 1. The van der Waals surface area contributed by atoms with E-state index in [-0.39, 0.29) is 5.91 Å². The minimum Gasteiger partial charge on any atom is -0.479 e. The smallest absolute Gasteiger partial charge is 0.244 e. The van der Waals surface area contributed by atoms with Gasteiger partial charge in [0.15, 0.2) is 10.4 Å². The van der Waals surface area contributed by atoms with Crippen LogP contribution in [0.25, 0.3) is 11.2 Å². The van der Waals surface area contributed by atoms with Crippen LogP contribution < -0.4 is 4.74 Å². The Balaban J connectivity index is 2.65. The van der Waals surface area contributed by atoms with Gasteiger partial charge in [-0.25, -0.2) is 4.98 Å². The standard InChI is InChI=1S/C11H15N5O2S/c1-6(10(17)15(2)3)16-8-7(14-11(16)19)9(18-4)13-5-12-8/h5-6H,1-4H3,(H,14,19). The molecular weight excluding hydrogens is 266 g/mol. The maximum atomic E-state index is 12.1. The number of aromatic amines is 1. The summed E-state index contributed by atoms with van der Waals surface area (Å²) in [4.78, 5) is 24.7. The van der Waals surface area contributed by atoms with Crippen molar-refractivity contribution in [1.29, 1.82) is 0 Å². The summed E-state index contributed by atoms with van der Waals surface area (Å²) in [7, 11) is 4.92. The Morgan fingerprint density at radius 3 is 2.79 bits per heavy atom. The third-order valence-electron chi connectivity index (χ3n) is 2.85. The van der Waals surface area contributed by atoms with Crippen molar-refractivity contribution in [2.45, 2.75) is 13.0 Å². The first-order chi connectivity index (χ1) is 8.97. The average molecular weight is 281 g/mol. The minimum absolute atomic E-state index is 0.0606. The predicted octanol–water partition coefficient (Wildman–Crippen LogP) is 1.15. The van der Waals surface area contributed by atoms with Gasteiger partial charge < -0.3 is 14.6 Å². The van der Waals surface area contributed by atoms with E-state index in [0.717, 1.165) is 0 Å². The second kappa shape index (κ2) is 4.96. The van der Waals surface area contributed by atoms with E-state index in [1.54, 1.807) is 25.6 Å². The summed E-state index contributed by atoms with van der Waals surface area (Å²) in [6.45, 7) is 1.78. The Morgan fingerprint density at radius 2 is 2.21 bits per heavy atom. The van der Waals surface area contributed by atoms with E-state index in [4.69, 9.17) is 17.0 Å². The van der Waals surface area contributed by atoms with Gasteiger partial charge in [0.2, 0.25) is 11.8 Å². The first-order valence-corrected chi connectivity index (χ1v) is 6.08. The lowest BCUT2D eigenvalue weighted by Gasteiger charge is -2.18. The highest BCUT2D eigenvalue weighted by molar-refractivity contribution is 7.71. The molecule has 1 unspecified atom stereocenters. The number of H-pyrrole nitrogens is 1. The number of likely N-dealkylation sites (N-methyl/N-ethyl adjacent to an activating group) is 1. The monoisotopic (exact) mass is 281 g/mol. The molecule has 8 heteroatoms. The number of fused-ring (bicyclic) bond motifs is 1. The van der Waals surface area contributed by atoms with Gasteiger partial charge >= 0.3 is 0 Å². The zero-order valence-electron chi connectivity index (χ0n) is 11.2. The lowest BCUT2D eigenvalue weighted by Crippen LogP contribution is -2.30. The van der Waals surface area contributed by atoms with Crippen LogP contribution in [0.2, 0.25) is 0 Å². The van der Waals surface area contributed by atoms with Gasteiger partial charge in [0.25, 0.3) is 0 Å². The third-order valence-corrected chi connectivity index (χ3v) is 3.15. The highest BCUT2D eigenvalue weighted by Gasteiger charge is 2.22. The number of ether oxygens (including phenoxy) is 1. The minimum atomic E-state index is -0.448. The fourth-order valence-electron chi connectivity index (χ4n) is 1.91. The molecule has 0 spiro atoms. The van der Waals surface area contributed by atoms with Gasteiger partial charge in [0, 0.05) is 14.1 Å². The third kappa shape index (κ3) is 2.19. The van der Waals surface area contributed by atoms with Gasteiger partial charge in [0.1, 0.15) is 17.9 Å². The molecule has 0 radical (unpaired) electrons. The van der Waals surface area contributed by atoms with Crippen molar-refractivity contribution in [3.8, 4) is 5.88 Å². The number of imidazole rings is 1. The molecule has 0 aromatic carbocycles. The molecule has 7 nitrogen and oxygen atoms in total. The lowest BCUT2D eigenvalue weighted by molar-refractivity contribution is -0.131. The number of hydrogen-bond donors (Lipinski definition) is 1. The number of methoxy groups -OCH3 is 1. The fourth-order valence-corrected chi connectivity index (χ4v) is 2.26. The second-order valence-electron chi connectivity index (χ2n) is 4.29. The van der Waals surface area contributed by atoms with Crippen molar-refractivity contribution in [3.63, 3.8) is 0 Å². The molecule has 0 saturated heterocycles. The maximum Gasteiger partial charge on any atom is 0.244 e. The topological polar surface area (TPSA) is 76.0 Å². The number of hydrogen-bond acceptors (Lipinski definition) is 5. The zero-order chi connectivity index (χ0) is 14.2. The molecule has 2 aromatic heterocycles. The summed E-state index contributed by atoms with van der Waals surface area (Å²) in [6.07, 6.45) is 1.38. The van der Waals surface area contributed by atoms with Crippen LogP contribution in [0.15, 0.2) is 6.33 Å². The maximum absolute atomic E-state index is 12.1. The van der Waals surface area contributed by atoms with Gasteiger partial charge in [-0.05, 0) is 19.1 Å². The number of amides is 1. The molecular formula is C11H15N5O2S. The Kier molecular flexibility index (Phi) is 3.52. The van der Waals surface area contributed by atoms with E-state index in [2.05, 4.69) is 15.0 Å². The largest absolute Gasteiger partial charge is 0.479 e. The van der Waals surface area contributed by atoms with Crippen molar-refractivity contribution in [3.05, 3.63) is 11.1 Å². The van der Waals surface area contributed by atoms with Gasteiger partial charge in [-0.2, -0.15) is 4.98 Å². The molecule has 0 aliphatic rings. The number of rotatable bonds is 3. The first-order valence-electron chi connectivity index (χ1n) is 5.67. The van der Waals surface area contributed by atoms with Crippen molar-refractivity contribution >= 4 is 29.3 Å². The molecule has 0 aliphatic carbocycles. The predicted molar refractivity (Wildman–Crippen MR) is 72.7 cm³/mol. The van der Waals surface area contributed by atoms with Crippen molar-refractivity contribution in [1.82, 2.24) is 24.4 Å². The molecule has 0 bridgehead atoms. The molecule has 1 amide bonds. The van der Waals surface area contributed by atoms with Crippen LogP contribution in [0.5, 0.6) is 5.88 Å². The van der Waals surface area contributed by atoms with Crippen molar-refractivity contribution in [2.75, 3.05) is 21.2 Å². The summed E-state index contributed by atoms with van der Waals surface area (Å²) in [6, 6.07) is -0.448. The van der Waals surface area contributed by atoms with Crippen LogP contribution in [-0.4, -0.2) is 51.5 Å². The van der Waals surface area contributed by atoms with E-state index < -0.39 is 6.04 Å². The van der Waals surface area contributed by atoms with Crippen molar-refractivity contribution in [2.24, 2.45) is 0 Å². The molecule has 0 saturated carbocycles. The molecule has 2 heterocycles. The highest BCUT2D eigenvalue weighted by atomic mass is 32.1. The van der Waals surface area contributed by atoms with Gasteiger partial charge in [-0.3, -0.25) is 9.36 Å². The van der Waals surface area contributed by atoms with Gasteiger partial charge in [-0.1, -0.05) is 0 Å². The van der Waals surface area contributed by atoms with Crippen LogP contribution in [0.1, 0.15) is 13.0 Å². The molecule has 19 heavy (non-hydrogen) atoms. The van der Waals surface area contributed by atoms with Gasteiger partial charge in [-0.15, -0.1) is 0 Å². The van der Waals surface area contributed by atoms with E-state index in [1.165, 1.54) is 18.3 Å². The van der Waals surface area contributed by atoms with Crippen LogP contribution in [0, 0.1) is 4.77 Å². The molecule has 0 fully saturated rings. The van der Waals surface area contributed by atoms with Crippen LogP contribution >= 0.6 is 12.2 Å². The zero-order valence-corrected chi connectivity index (χ0v) is 12.0. The number of nitrogens with zero attached hydrogens (tertiary/aromatic N) is 4. The molecule has 0 aliphatic heterocycles. The lowest BCUT2D eigenvalue weighted by atomic mass is 10.3. The van der Waals surface area contributed by atoms with Crippen LogP contribution in [0.4, 0.5) is 0 Å². The Morgan fingerprint density at radius 1 is 1.53 bits per heavy atom. The SMILES string of the molecule is COc1ncnc2c1[nH]c(=S)n2C(C)C(=O)N(C)C. The highest BCUT2D eigenvalue weighted by Crippen LogP contribution is 2.23. The molecule has 2 rings (SSSR count). The Bertz CT molecular complexity index is 675. The Labute approximate surface area is 115 Å². The molecule has 1 atom stereocenters. The summed E-state index contributed by atoms with van der Waals surface area (Å²) in [5.41, 5.74) is 1.15. The summed E-state index contributed by atoms with van der Waals surface area (Å²) in [5, 5.41) is 0. The summed E-state index contributed by atoms with van der Waals surface area (Å²) < 4.78 is 7.22. The molecule has 1 N–H and O–H groups in total. The van der Waals surface area contributed by atoms with Crippen LogP contribution in [0.3, 0.4) is 0 Å². The molecule has 102 valence electrons. The summed E-state index contributed by atoms with van der Waals surface area (Å²) in [5.74, 6) is 0.342. The summed E-state index contributed by atoms with van der Waals surface area (Å²) >= 11 is 5.26. The average Bonchev–Trinajstić information content (AvgIpc) is 2.72. The normalized spacial score (nSPS) is 12.4. The number of carbonyl (C=O) groups excluding carboxylic acids is 1. The Hall–Kier alpha value is -1.96. The second-order valence-corrected chi connectivity index (χ2v) is 4.68. The fraction of sp³-hybridized carbons (Fsp3) is 0.455. The van der Waals surface area contributed by atoms with Crippen molar-refractivity contribution < 1.29 is 9.53 Å². The number of aromatic nitrogens is 4. The quantitative estimate of drug-likeness (QED) is 0.854. The van der Waals surface area contributed by atoms with E-state index >= 15 is 0 Å². The number of nitrogens with one attached hydrogen (secondary N) is 1. The molecule has 2 aromatic rings. The van der Waals surface area contributed by atoms with E-state index in [0.29, 0.717) is 21.8 Å². The van der Waals surface area contributed by atoms with E-state index in [9.17, 15) is 4.79 Å². The van der Waals surface area contributed by atoms with Gasteiger partial charge in [0.05, 0.1) is 7.11 Å². The van der Waals surface area contributed by atoms with E-state index in [1.807, 2.05) is 0 Å². The first kappa shape index (κ1) is 13.5.